The van der Waals surface area contributed by atoms with Crippen molar-refractivity contribution in [2.45, 2.75) is 13.3 Å². The molecule has 1 aliphatic carbocycles. The van der Waals surface area contributed by atoms with Gasteiger partial charge in [-0.05, 0) is 42.4 Å². The lowest BCUT2D eigenvalue weighted by Crippen LogP contribution is -2.36. The summed E-state index contributed by atoms with van der Waals surface area (Å²) in [5, 5.41) is 19.1. The number of piperidine rings is 1. The molecule has 1 saturated carbocycles. The van der Waals surface area contributed by atoms with Crippen molar-refractivity contribution in [3.8, 4) is 0 Å². The maximum Gasteiger partial charge on any atom is 0.254 e. The molecule has 0 aromatic heterocycles. The summed E-state index contributed by atoms with van der Waals surface area (Å²) in [6, 6.07) is 16.2. The molecule has 1 heterocycles. The summed E-state index contributed by atoms with van der Waals surface area (Å²) in [5.41, 5.74) is 3.86. The van der Waals surface area contributed by atoms with Crippen molar-refractivity contribution in [1.82, 2.24) is 4.90 Å². The highest BCUT2D eigenvalue weighted by Gasteiger charge is 2.68. The van der Waals surface area contributed by atoms with Gasteiger partial charge in [0.15, 0.2) is 0 Å². The minimum Gasteiger partial charge on any atom is -0.396 e. The van der Waals surface area contributed by atoms with Gasteiger partial charge in [0, 0.05) is 24.1 Å². The molecule has 4 nitrogen and oxygen atoms in total. The minimum absolute atomic E-state index is 0.00484. The Kier molecular flexibility index (Phi) is 4.33. The zero-order valence-corrected chi connectivity index (χ0v) is 15.1. The van der Waals surface area contributed by atoms with E-state index in [0.29, 0.717) is 13.1 Å². The number of hydrogen-bond acceptors (Lipinski definition) is 3. The lowest BCUT2D eigenvalue weighted by molar-refractivity contribution is 0.0636. The summed E-state index contributed by atoms with van der Waals surface area (Å²) in [6.45, 7) is 3.33. The molecule has 1 aliphatic heterocycles. The van der Waals surface area contributed by atoms with E-state index in [-0.39, 0.29) is 36.4 Å². The molecule has 0 radical (unpaired) electrons. The molecule has 2 fully saturated rings. The van der Waals surface area contributed by atoms with Gasteiger partial charge in [0.1, 0.15) is 0 Å². The van der Waals surface area contributed by atoms with Crippen LogP contribution >= 0.6 is 0 Å². The SMILES string of the molecule is Cc1ccc(Cc2ccccc2C(=O)N2CC3C(C2)C3(CO)CO)cc1. The van der Waals surface area contributed by atoms with Crippen molar-refractivity contribution in [2.75, 3.05) is 26.3 Å². The Balaban J connectivity index is 1.50. The fourth-order valence-corrected chi connectivity index (χ4v) is 4.50. The van der Waals surface area contributed by atoms with Crippen LogP contribution in [0.3, 0.4) is 0 Å². The van der Waals surface area contributed by atoms with E-state index in [2.05, 4.69) is 31.2 Å². The Morgan fingerprint density at radius 2 is 1.65 bits per heavy atom. The van der Waals surface area contributed by atoms with Gasteiger partial charge < -0.3 is 15.1 Å². The number of nitrogens with zero attached hydrogens (tertiary/aromatic N) is 1. The highest BCUT2D eigenvalue weighted by molar-refractivity contribution is 5.96. The number of benzene rings is 2. The third-order valence-electron chi connectivity index (χ3n) is 6.33. The quantitative estimate of drug-likeness (QED) is 0.869. The lowest BCUT2D eigenvalue weighted by Gasteiger charge is -2.25. The molecule has 2 N–H and O–H groups in total. The molecule has 1 saturated heterocycles. The first-order valence-corrected chi connectivity index (χ1v) is 9.23. The smallest absolute Gasteiger partial charge is 0.254 e. The summed E-state index contributed by atoms with van der Waals surface area (Å²) in [7, 11) is 0. The van der Waals surface area contributed by atoms with Gasteiger partial charge >= 0.3 is 0 Å². The van der Waals surface area contributed by atoms with Crippen LogP contribution in [0.1, 0.15) is 27.0 Å². The number of hydrogen-bond donors (Lipinski definition) is 2. The van der Waals surface area contributed by atoms with Crippen molar-refractivity contribution in [2.24, 2.45) is 17.3 Å². The molecular formula is C22H25NO3. The van der Waals surface area contributed by atoms with Crippen molar-refractivity contribution in [3.05, 3.63) is 70.8 Å². The number of likely N-dealkylation sites (tertiary alicyclic amines) is 1. The average molecular weight is 351 g/mol. The van der Waals surface area contributed by atoms with Crippen molar-refractivity contribution < 1.29 is 15.0 Å². The van der Waals surface area contributed by atoms with Gasteiger partial charge in [0.05, 0.1) is 13.2 Å². The van der Waals surface area contributed by atoms with Crippen LogP contribution in [0, 0.1) is 24.2 Å². The largest absolute Gasteiger partial charge is 0.396 e. The zero-order chi connectivity index (χ0) is 18.3. The predicted octanol–water partition coefficient (Wildman–Crippen LogP) is 2.26. The van der Waals surface area contributed by atoms with E-state index in [1.54, 1.807) is 0 Å². The second kappa shape index (κ2) is 6.53. The Morgan fingerprint density at radius 3 is 2.27 bits per heavy atom. The molecule has 2 aliphatic rings. The van der Waals surface area contributed by atoms with E-state index in [9.17, 15) is 15.0 Å². The standard InChI is InChI=1S/C22H25NO3/c1-15-6-8-16(9-7-15)10-17-4-2-3-5-18(17)21(26)23-11-19-20(12-23)22(19,13-24)14-25/h2-9,19-20,24-25H,10-14H2,1H3. The van der Waals surface area contributed by atoms with E-state index in [0.717, 1.165) is 17.5 Å². The van der Waals surface area contributed by atoms with Gasteiger partial charge in [0.25, 0.3) is 5.91 Å². The van der Waals surface area contributed by atoms with Gasteiger partial charge in [-0.15, -0.1) is 0 Å². The van der Waals surface area contributed by atoms with Gasteiger partial charge in [-0.3, -0.25) is 4.79 Å². The van der Waals surface area contributed by atoms with Gasteiger partial charge in [-0.25, -0.2) is 0 Å². The van der Waals surface area contributed by atoms with Crippen LogP contribution in [-0.4, -0.2) is 47.3 Å². The summed E-state index contributed by atoms with van der Waals surface area (Å²) in [6.07, 6.45) is 0.736. The number of aliphatic hydroxyl groups excluding tert-OH is 2. The molecular weight excluding hydrogens is 326 g/mol. The van der Waals surface area contributed by atoms with E-state index < -0.39 is 0 Å². The number of amides is 1. The summed E-state index contributed by atoms with van der Waals surface area (Å²) < 4.78 is 0. The highest BCUT2D eigenvalue weighted by Crippen LogP contribution is 2.62. The molecule has 26 heavy (non-hydrogen) atoms. The third-order valence-corrected chi connectivity index (χ3v) is 6.33. The molecule has 2 atom stereocenters. The van der Waals surface area contributed by atoms with Gasteiger partial charge in [-0.2, -0.15) is 0 Å². The molecule has 4 heteroatoms. The van der Waals surface area contributed by atoms with Crippen LogP contribution in [0.15, 0.2) is 48.5 Å². The van der Waals surface area contributed by atoms with E-state index >= 15 is 0 Å². The van der Waals surface area contributed by atoms with Crippen molar-refractivity contribution in [3.63, 3.8) is 0 Å². The second-order valence-corrected chi connectivity index (χ2v) is 7.79. The van der Waals surface area contributed by atoms with Gasteiger partial charge in [-0.1, -0.05) is 48.0 Å². The monoisotopic (exact) mass is 351 g/mol. The summed E-state index contributed by atoms with van der Waals surface area (Å²) in [5.74, 6) is 0.515. The molecule has 136 valence electrons. The summed E-state index contributed by atoms with van der Waals surface area (Å²) in [4.78, 5) is 14.9. The van der Waals surface area contributed by atoms with Crippen LogP contribution in [-0.2, 0) is 6.42 Å². The third kappa shape index (κ3) is 2.74. The number of aryl methyl sites for hydroxylation is 1. The van der Waals surface area contributed by atoms with Gasteiger partial charge in [0.2, 0.25) is 0 Å². The number of carbonyl (C=O) groups excluding carboxylic acids is 1. The maximum atomic E-state index is 13.1. The Morgan fingerprint density at radius 1 is 1.04 bits per heavy atom. The van der Waals surface area contributed by atoms with E-state index in [4.69, 9.17) is 0 Å². The lowest BCUT2D eigenvalue weighted by atomic mass is 9.97. The number of rotatable bonds is 5. The Bertz CT molecular complexity index is 796. The van der Waals surface area contributed by atoms with Crippen LogP contribution < -0.4 is 0 Å². The Hall–Kier alpha value is -2.17. The first kappa shape index (κ1) is 17.3. The molecule has 0 spiro atoms. The zero-order valence-electron chi connectivity index (χ0n) is 15.1. The van der Waals surface area contributed by atoms with Crippen LogP contribution in [0.2, 0.25) is 0 Å². The average Bonchev–Trinajstić information content (AvgIpc) is 3.02. The Labute approximate surface area is 154 Å². The molecule has 2 unspecified atom stereocenters. The predicted molar refractivity (Wildman–Crippen MR) is 99.9 cm³/mol. The van der Waals surface area contributed by atoms with Crippen molar-refractivity contribution >= 4 is 5.91 Å². The van der Waals surface area contributed by atoms with Crippen LogP contribution in [0.5, 0.6) is 0 Å². The fourth-order valence-electron chi connectivity index (χ4n) is 4.50. The highest BCUT2D eigenvalue weighted by atomic mass is 16.3. The van der Waals surface area contributed by atoms with E-state index in [1.165, 1.54) is 11.1 Å². The first-order chi connectivity index (χ1) is 12.6. The molecule has 1 amide bonds. The van der Waals surface area contributed by atoms with Crippen LogP contribution in [0.4, 0.5) is 0 Å². The second-order valence-electron chi connectivity index (χ2n) is 7.79. The molecule has 0 bridgehead atoms. The fraction of sp³-hybridized carbons (Fsp3) is 0.409. The van der Waals surface area contributed by atoms with Crippen LogP contribution in [0.25, 0.3) is 0 Å². The maximum absolute atomic E-state index is 13.1. The summed E-state index contributed by atoms with van der Waals surface area (Å²) >= 11 is 0. The number of carbonyl (C=O) groups is 1. The molecule has 2 aromatic carbocycles. The number of aliphatic hydroxyl groups is 2. The number of fused-ring (bicyclic) bond motifs is 1. The minimum atomic E-state index is -0.363. The molecule has 4 rings (SSSR count). The van der Waals surface area contributed by atoms with Crippen molar-refractivity contribution in [1.29, 1.82) is 0 Å². The normalized spacial score (nSPS) is 23.0. The molecule has 2 aromatic rings. The topological polar surface area (TPSA) is 60.8 Å². The van der Waals surface area contributed by atoms with E-state index in [1.807, 2.05) is 29.2 Å². The first-order valence-electron chi connectivity index (χ1n) is 9.23.